The van der Waals surface area contributed by atoms with Crippen LogP contribution in [0.5, 0.6) is 0 Å². The third-order valence-electron chi connectivity index (χ3n) is 3.77. The minimum Gasteiger partial charge on any atom is -0.267 e. The Morgan fingerprint density at radius 1 is 0.607 bits per heavy atom. The molecule has 2 amide bonds. The third kappa shape index (κ3) is 5.22. The van der Waals surface area contributed by atoms with E-state index in [2.05, 4.69) is 21.1 Å². The van der Waals surface area contributed by atoms with E-state index in [0.717, 1.165) is 5.56 Å². The van der Waals surface area contributed by atoms with Crippen molar-refractivity contribution < 1.29 is 9.59 Å². The molecule has 0 unspecified atom stereocenters. The Bertz CT molecular complexity index is 985. The molecule has 6 nitrogen and oxygen atoms in total. The molecule has 0 bridgehead atoms. The predicted molar refractivity (Wildman–Crippen MR) is 109 cm³/mol. The van der Waals surface area contributed by atoms with Gasteiger partial charge in [0.25, 0.3) is 11.8 Å². The van der Waals surface area contributed by atoms with Crippen LogP contribution in [0.4, 0.5) is 0 Å². The molecule has 0 aliphatic rings. The molecule has 3 aromatic carbocycles. The van der Waals surface area contributed by atoms with Gasteiger partial charge < -0.3 is 0 Å². The fourth-order valence-electron chi connectivity index (χ4n) is 2.35. The van der Waals surface area contributed by atoms with Gasteiger partial charge in [0.1, 0.15) is 5.71 Å². The van der Waals surface area contributed by atoms with E-state index in [1.165, 1.54) is 6.21 Å². The van der Waals surface area contributed by atoms with Crippen molar-refractivity contribution in [3.8, 4) is 0 Å². The minimum absolute atomic E-state index is 0.336. The number of carbonyl (C=O) groups is 2. The van der Waals surface area contributed by atoms with Gasteiger partial charge in [-0.25, -0.2) is 10.9 Å². The first-order chi connectivity index (χ1) is 13.7. The van der Waals surface area contributed by atoms with Crippen molar-refractivity contribution in [2.45, 2.75) is 0 Å². The lowest BCUT2D eigenvalue weighted by Gasteiger charge is -2.04. The van der Waals surface area contributed by atoms with Crippen molar-refractivity contribution in [3.63, 3.8) is 0 Å². The molecule has 0 fully saturated rings. The average Bonchev–Trinajstić information content (AvgIpc) is 2.77. The molecule has 0 saturated heterocycles. The van der Waals surface area contributed by atoms with Crippen molar-refractivity contribution >= 4 is 23.7 Å². The lowest BCUT2D eigenvalue weighted by atomic mass is 10.1. The summed E-state index contributed by atoms with van der Waals surface area (Å²) in [5, 5.41) is 8.12. The van der Waals surface area contributed by atoms with E-state index in [-0.39, 0.29) is 11.8 Å². The second kappa shape index (κ2) is 9.59. The Kier molecular flexibility index (Phi) is 6.41. The van der Waals surface area contributed by atoms with E-state index in [4.69, 9.17) is 0 Å². The third-order valence-corrected chi connectivity index (χ3v) is 3.77. The van der Waals surface area contributed by atoms with Gasteiger partial charge in [-0.1, -0.05) is 66.7 Å². The molecule has 0 spiro atoms. The molecule has 0 heterocycles. The zero-order valence-electron chi connectivity index (χ0n) is 14.9. The van der Waals surface area contributed by atoms with Crippen LogP contribution in [0.15, 0.2) is 101 Å². The van der Waals surface area contributed by atoms with Gasteiger partial charge in [-0.15, -0.1) is 0 Å². The zero-order chi connectivity index (χ0) is 19.6. The lowest BCUT2D eigenvalue weighted by Crippen LogP contribution is -2.22. The Balaban J connectivity index is 1.74. The maximum atomic E-state index is 12.2. The van der Waals surface area contributed by atoms with Gasteiger partial charge in [0, 0.05) is 16.7 Å². The molecule has 0 saturated carbocycles. The van der Waals surface area contributed by atoms with Crippen LogP contribution in [-0.2, 0) is 0 Å². The molecule has 3 rings (SSSR count). The van der Waals surface area contributed by atoms with Gasteiger partial charge in [-0.3, -0.25) is 9.59 Å². The van der Waals surface area contributed by atoms with Crippen molar-refractivity contribution in [1.29, 1.82) is 0 Å². The van der Waals surface area contributed by atoms with E-state index >= 15 is 0 Å². The highest BCUT2D eigenvalue weighted by Gasteiger charge is 2.06. The predicted octanol–water partition coefficient (Wildman–Crippen LogP) is 3.24. The van der Waals surface area contributed by atoms with Crippen molar-refractivity contribution in [1.82, 2.24) is 10.9 Å². The number of rotatable bonds is 6. The minimum atomic E-state index is -0.337. The lowest BCUT2D eigenvalue weighted by molar-refractivity contribution is 0.0946. The Labute approximate surface area is 162 Å². The fraction of sp³-hybridized carbons (Fsp3) is 0. The molecule has 28 heavy (non-hydrogen) atoms. The Morgan fingerprint density at radius 2 is 1.04 bits per heavy atom. The van der Waals surface area contributed by atoms with Crippen molar-refractivity contribution in [3.05, 3.63) is 108 Å². The summed E-state index contributed by atoms with van der Waals surface area (Å²) in [7, 11) is 0. The van der Waals surface area contributed by atoms with E-state index in [0.29, 0.717) is 16.8 Å². The van der Waals surface area contributed by atoms with Gasteiger partial charge in [-0.2, -0.15) is 10.2 Å². The van der Waals surface area contributed by atoms with E-state index in [1.807, 2.05) is 42.5 Å². The molecule has 138 valence electrons. The summed E-state index contributed by atoms with van der Waals surface area (Å²) in [5.74, 6) is -0.673. The molecule has 0 atom stereocenters. The van der Waals surface area contributed by atoms with Gasteiger partial charge in [0.05, 0.1) is 6.21 Å². The van der Waals surface area contributed by atoms with Crippen LogP contribution >= 0.6 is 0 Å². The van der Waals surface area contributed by atoms with Crippen LogP contribution in [0, 0.1) is 0 Å². The number of hydrogen-bond donors (Lipinski definition) is 2. The summed E-state index contributed by atoms with van der Waals surface area (Å²) < 4.78 is 0. The maximum Gasteiger partial charge on any atom is 0.271 e. The monoisotopic (exact) mass is 370 g/mol. The molecular formula is C22H18N4O2. The summed E-state index contributed by atoms with van der Waals surface area (Å²) in [5.41, 5.74) is 7.10. The number of carbonyl (C=O) groups excluding carboxylic acids is 2. The first-order valence-corrected chi connectivity index (χ1v) is 8.61. The molecule has 0 aromatic heterocycles. The smallest absolute Gasteiger partial charge is 0.267 e. The zero-order valence-corrected chi connectivity index (χ0v) is 14.9. The molecule has 0 aliphatic heterocycles. The second-order valence-corrected chi connectivity index (χ2v) is 5.74. The normalized spacial score (nSPS) is 11.2. The summed E-state index contributed by atoms with van der Waals surface area (Å²) in [4.78, 5) is 24.3. The first kappa shape index (κ1) is 18.7. The highest BCUT2D eigenvalue weighted by atomic mass is 16.2. The number of hydrogen-bond acceptors (Lipinski definition) is 4. The van der Waals surface area contributed by atoms with E-state index in [1.54, 1.807) is 48.5 Å². The van der Waals surface area contributed by atoms with Crippen molar-refractivity contribution in [2.75, 3.05) is 0 Å². The highest BCUT2D eigenvalue weighted by molar-refractivity contribution is 6.38. The average molecular weight is 370 g/mol. The molecular weight excluding hydrogens is 352 g/mol. The van der Waals surface area contributed by atoms with E-state index in [9.17, 15) is 9.59 Å². The van der Waals surface area contributed by atoms with Crippen LogP contribution in [-0.4, -0.2) is 23.7 Å². The fourth-order valence-corrected chi connectivity index (χ4v) is 2.35. The van der Waals surface area contributed by atoms with Crippen LogP contribution < -0.4 is 10.9 Å². The van der Waals surface area contributed by atoms with Crippen LogP contribution in [0.3, 0.4) is 0 Å². The second-order valence-electron chi connectivity index (χ2n) is 5.74. The van der Waals surface area contributed by atoms with Crippen LogP contribution in [0.25, 0.3) is 0 Å². The molecule has 2 N–H and O–H groups in total. The highest BCUT2D eigenvalue weighted by Crippen LogP contribution is 2.02. The van der Waals surface area contributed by atoms with Gasteiger partial charge in [0.15, 0.2) is 0 Å². The maximum absolute atomic E-state index is 12.2. The number of nitrogens with zero attached hydrogens (tertiary/aromatic N) is 2. The molecule has 3 aromatic rings. The van der Waals surface area contributed by atoms with Crippen molar-refractivity contribution in [2.24, 2.45) is 10.2 Å². The Hall–Kier alpha value is -4.06. The SMILES string of the molecule is O=C(NN=CC(=NNC(=O)c1ccccc1)c1ccccc1)c1ccccc1. The number of amides is 2. The number of hydrazone groups is 2. The standard InChI is InChI=1S/C22H18N4O2/c27-21(18-12-6-2-7-13-18)25-23-16-20(17-10-4-1-5-11-17)24-26-22(28)19-14-8-3-9-15-19/h1-16H,(H,25,27)(H,26,28). The number of benzene rings is 3. The molecule has 0 aliphatic carbocycles. The first-order valence-electron chi connectivity index (χ1n) is 8.61. The quantitative estimate of drug-likeness (QED) is 0.516. The summed E-state index contributed by atoms with van der Waals surface area (Å²) in [6.07, 6.45) is 1.39. The Morgan fingerprint density at radius 3 is 1.54 bits per heavy atom. The number of nitrogens with one attached hydrogen (secondary N) is 2. The molecule has 0 radical (unpaired) electrons. The summed E-state index contributed by atoms with van der Waals surface area (Å²) in [6, 6.07) is 26.8. The summed E-state index contributed by atoms with van der Waals surface area (Å²) in [6.45, 7) is 0. The van der Waals surface area contributed by atoms with Crippen LogP contribution in [0.2, 0.25) is 0 Å². The van der Waals surface area contributed by atoms with Gasteiger partial charge >= 0.3 is 0 Å². The molecule has 6 heteroatoms. The topological polar surface area (TPSA) is 82.9 Å². The van der Waals surface area contributed by atoms with Crippen LogP contribution in [0.1, 0.15) is 26.3 Å². The van der Waals surface area contributed by atoms with E-state index < -0.39 is 0 Å². The largest absolute Gasteiger partial charge is 0.271 e. The van der Waals surface area contributed by atoms with Gasteiger partial charge in [-0.05, 0) is 24.3 Å². The summed E-state index contributed by atoms with van der Waals surface area (Å²) >= 11 is 0. The van der Waals surface area contributed by atoms with Gasteiger partial charge in [0.2, 0.25) is 0 Å².